The number of rotatable bonds is 8. The molecule has 5 nitrogen and oxygen atoms in total. The van der Waals surface area contributed by atoms with Gasteiger partial charge in [-0.15, -0.1) is 0 Å². The van der Waals surface area contributed by atoms with Crippen molar-refractivity contribution in [3.63, 3.8) is 0 Å². The number of aromatic nitrogens is 1. The van der Waals surface area contributed by atoms with Gasteiger partial charge in [-0.05, 0) is 37.0 Å². The molecular weight excluding hydrogens is 419 g/mol. The second-order valence-electron chi connectivity index (χ2n) is 8.20. The molecule has 3 aromatic rings. The lowest BCUT2D eigenvalue weighted by Crippen LogP contribution is -2.26. The zero-order valence-electron chi connectivity index (χ0n) is 17.7. The Balaban J connectivity index is 1.51. The summed E-state index contributed by atoms with van der Waals surface area (Å²) >= 11 is 0. The number of hydrogen-bond donors (Lipinski definition) is 1. The molecule has 32 heavy (non-hydrogen) atoms. The fraction of sp³-hybridized carbons (Fsp3) is 0.333. The molecule has 1 aromatic heterocycles. The first kappa shape index (κ1) is 22.1. The van der Waals surface area contributed by atoms with Crippen LogP contribution in [0.15, 0.2) is 59.2 Å². The molecule has 1 fully saturated rings. The molecule has 0 unspecified atom stereocenters. The van der Waals surface area contributed by atoms with Crippen LogP contribution < -0.4 is 5.32 Å². The minimum Gasteiger partial charge on any atom is -0.447 e. The number of carbonyl (C=O) groups excluding carboxylic acids is 1. The van der Waals surface area contributed by atoms with Gasteiger partial charge in [-0.1, -0.05) is 48.0 Å². The van der Waals surface area contributed by atoms with E-state index in [9.17, 15) is 18.0 Å². The second-order valence-corrected chi connectivity index (χ2v) is 8.20. The Hall–Kier alpha value is -3.13. The van der Waals surface area contributed by atoms with E-state index in [0.717, 1.165) is 36.1 Å². The van der Waals surface area contributed by atoms with Crippen LogP contribution in [0.1, 0.15) is 51.5 Å². The molecule has 8 heteroatoms. The Morgan fingerprint density at radius 2 is 1.81 bits per heavy atom. The van der Waals surface area contributed by atoms with Gasteiger partial charge in [0.15, 0.2) is 5.69 Å². The summed E-state index contributed by atoms with van der Waals surface area (Å²) in [4.78, 5) is 18.4. The number of oxazole rings is 1. The Bertz CT molecular complexity index is 1070. The normalized spacial score (nSPS) is 14.0. The molecular formula is C24H24F3N3O2. The zero-order valence-corrected chi connectivity index (χ0v) is 17.7. The van der Waals surface area contributed by atoms with Crippen molar-refractivity contribution in [1.29, 1.82) is 0 Å². The number of nitrogens with one attached hydrogen (secondary N) is 1. The average molecular weight is 443 g/mol. The van der Waals surface area contributed by atoms with Crippen molar-refractivity contribution < 1.29 is 22.4 Å². The maximum Gasteiger partial charge on any atom is 0.416 e. The topological polar surface area (TPSA) is 58.4 Å². The van der Waals surface area contributed by atoms with Gasteiger partial charge in [0.05, 0.1) is 12.1 Å². The zero-order chi connectivity index (χ0) is 22.7. The predicted octanol–water partition coefficient (Wildman–Crippen LogP) is 5.10. The van der Waals surface area contributed by atoms with E-state index in [4.69, 9.17) is 4.42 Å². The van der Waals surface area contributed by atoms with E-state index >= 15 is 0 Å². The molecule has 1 amide bonds. The molecule has 1 aliphatic carbocycles. The van der Waals surface area contributed by atoms with E-state index in [2.05, 4.69) is 10.3 Å². The van der Waals surface area contributed by atoms with Crippen molar-refractivity contribution in [2.45, 2.75) is 51.6 Å². The fourth-order valence-electron chi connectivity index (χ4n) is 3.39. The molecule has 0 atom stereocenters. The number of benzene rings is 2. The van der Waals surface area contributed by atoms with Crippen LogP contribution in [-0.4, -0.2) is 21.8 Å². The SMILES string of the molecule is Cc1ccc(CN(Cc2cccc(C(F)(F)F)c2)Cc2nc(C(=O)NC3CC3)co2)cc1. The molecule has 0 saturated heterocycles. The van der Waals surface area contributed by atoms with Crippen LogP contribution >= 0.6 is 0 Å². The van der Waals surface area contributed by atoms with Crippen molar-refractivity contribution in [2.75, 3.05) is 0 Å². The highest BCUT2D eigenvalue weighted by Gasteiger charge is 2.30. The van der Waals surface area contributed by atoms with E-state index in [0.29, 0.717) is 18.0 Å². The predicted molar refractivity (Wildman–Crippen MR) is 113 cm³/mol. The first-order valence-electron chi connectivity index (χ1n) is 10.5. The van der Waals surface area contributed by atoms with Crippen LogP contribution in [0.25, 0.3) is 0 Å². The lowest BCUT2D eigenvalue weighted by Gasteiger charge is -2.21. The molecule has 1 heterocycles. The number of aryl methyl sites for hydroxylation is 1. The molecule has 0 spiro atoms. The number of alkyl halides is 3. The van der Waals surface area contributed by atoms with Gasteiger partial charge in [0.2, 0.25) is 5.89 Å². The summed E-state index contributed by atoms with van der Waals surface area (Å²) in [5, 5.41) is 2.86. The van der Waals surface area contributed by atoms with E-state index in [1.54, 1.807) is 6.07 Å². The summed E-state index contributed by atoms with van der Waals surface area (Å²) < 4.78 is 44.9. The van der Waals surface area contributed by atoms with Gasteiger partial charge in [0.1, 0.15) is 6.26 Å². The first-order valence-corrected chi connectivity index (χ1v) is 10.5. The molecule has 0 bridgehead atoms. The number of carbonyl (C=O) groups is 1. The Morgan fingerprint density at radius 3 is 2.50 bits per heavy atom. The van der Waals surface area contributed by atoms with E-state index in [1.165, 1.54) is 12.3 Å². The van der Waals surface area contributed by atoms with Crippen molar-refractivity contribution in [3.8, 4) is 0 Å². The lowest BCUT2D eigenvalue weighted by molar-refractivity contribution is -0.137. The first-order chi connectivity index (χ1) is 15.3. The lowest BCUT2D eigenvalue weighted by atomic mass is 10.1. The fourth-order valence-corrected chi connectivity index (χ4v) is 3.39. The standard InChI is InChI=1S/C24H24F3N3O2/c1-16-5-7-17(8-6-16)12-30(13-18-3-2-4-19(11-18)24(25,26)27)14-22-29-21(15-32-22)23(31)28-20-9-10-20/h2-8,11,15,20H,9-10,12-14H2,1H3,(H,28,31). The number of hydrogen-bond acceptors (Lipinski definition) is 4. The second kappa shape index (κ2) is 9.16. The van der Waals surface area contributed by atoms with Gasteiger partial charge in [-0.3, -0.25) is 9.69 Å². The molecule has 2 aromatic carbocycles. The minimum atomic E-state index is -4.40. The monoisotopic (exact) mass is 443 g/mol. The highest BCUT2D eigenvalue weighted by atomic mass is 19.4. The van der Waals surface area contributed by atoms with Crippen LogP contribution in [0, 0.1) is 6.92 Å². The summed E-state index contributed by atoms with van der Waals surface area (Å²) in [6, 6.07) is 13.5. The molecule has 1 saturated carbocycles. The van der Waals surface area contributed by atoms with Crippen molar-refractivity contribution in [3.05, 3.63) is 88.6 Å². The van der Waals surface area contributed by atoms with Crippen LogP contribution in [-0.2, 0) is 25.8 Å². The van der Waals surface area contributed by atoms with Crippen LogP contribution in [0.5, 0.6) is 0 Å². The molecule has 1 N–H and O–H groups in total. The van der Waals surface area contributed by atoms with Gasteiger partial charge >= 0.3 is 6.18 Å². The highest BCUT2D eigenvalue weighted by molar-refractivity contribution is 5.92. The summed E-state index contributed by atoms with van der Waals surface area (Å²) in [5.41, 5.74) is 2.20. The van der Waals surface area contributed by atoms with Gasteiger partial charge < -0.3 is 9.73 Å². The Morgan fingerprint density at radius 1 is 1.09 bits per heavy atom. The number of nitrogens with zero attached hydrogens (tertiary/aromatic N) is 2. The van der Waals surface area contributed by atoms with Crippen LogP contribution in [0.2, 0.25) is 0 Å². The quantitative estimate of drug-likeness (QED) is 0.527. The summed E-state index contributed by atoms with van der Waals surface area (Å²) in [5.74, 6) is 0.0653. The molecule has 1 aliphatic rings. The third-order valence-corrected chi connectivity index (χ3v) is 5.24. The van der Waals surface area contributed by atoms with Crippen LogP contribution in [0.3, 0.4) is 0 Å². The maximum absolute atomic E-state index is 13.1. The largest absolute Gasteiger partial charge is 0.447 e. The Kier molecular flexibility index (Phi) is 6.32. The molecule has 4 rings (SSSR count). The minimum absolute atomic E-state index is 0.209. The number of halogens is 3. The van der Waals surface area contributed by atoms with Gasteiger partial charge in [0, 0.05) is 19.1 Å². The average Bonchev–Trinajstić information content (AvgIpc) is 3.43. The van der Waals surface area contributed by atoms with E-state index in [-0.39, 0.29) is 30.7 Å². The summed E-state index contributed by atoms with van der Waals surface area (Å²) in [6.45, 7) is 3.00. The molecule has 0 aliphatic heterocycles. The third kappa shape index (κ3) is 5.97. The van der Waals surface area contributed by atoms with Crippen LogP contribution in [0.4, 0.5) is 13.2 Å². The smallest absolute Gasteiger partial charge is 0.416 e. The highest BCUT2D eigenvalue weighted by Crippen LogP contribution is 2.30. The van der Waals surface area contributed by atoms with Gasteiger partial charge in [-0.2, -0.15) is 13.2 Å². The van der Waals surface area contributed by atoms with Crippen molar-refractivity contribution >= 4 is 5.91 Å². The summed E-state index contributed by atoms with van der Waals surface area (Å²) in [6.07, 6.45) is -1.14. The van der Waals surface area contributed by atoms with E-state index in [1.807, 2.05) is 36.1 Å². The Labute approximate surface area is 184 Å². The van der Waals surface area contributed by atoms with E-state index < -0.39 is 11.7 Å². The maximum atomic E-state index is 13.1. The summed E-state index contributed by atoms with van der Waals surface area (Å²) in [7, 11) is 0. The molecule has 0 radical (unpaired) electrons. The van der Waals surface area contributed by atoms with Gasteiger partial charge in [0.25, 0.3) is 5.91 Å². The third-order valence-electron chi connectivity index (χ3n) is 5.24. The van der Waals surface area contributed by atoms with Crippen molar-refractivity contribution in [1.82, 2.24) is 15.2 Å². The molecule has 168 valence electrons. The number of amides is 1. The van der Waals surface area contributed by atoms with Crippen molar-refractivity contribution in [2.24, 2.45) is 0 Å². The van der Waals surface area contributed by atoms with Gasteiger partial charge in [-0.25, -0.2) is 4.98 Å².